The van der Waals surface area contributed by atoms with Crippen molar-refractivity contribution in [3.05, 3.63) is 50.6 Å². The molecule has 5 rings (SSSR count). The van der Waals surface area contributed by atoms with Gasteiger partial charge in [0, 0.05) is 59.4 Å². The van der Waals surface area contributed by atoms with Crippen LogP contribution in [0.3, 0.4) is 0 Å². The number of aromatic nitrogens is 2. The van der Waals surface area contributed by atoms with Crippen molar-refractivity contribution in [3.63, 3.8) is 0 Å². The van der Waals surface area contributed by atoms with Gasteiger partial charge in [-0.2, -0.15) is 0 Å². The van der Waals surface area contributed by atoms with Crippen molar-refractivity contribution in [1.82, 2.24) is 30.8 Å². The second kappa shape index (κ2) is 13.2. The quantitative estimate of drug-likeness (QED) is 0.337. The Bertz CT molecular complexity index is 1400. The smallest absolute Gasteiger partial charge is 0.407 e. The third-order valence-corrected chi connectivity index (χ3v) is 8.26. The van der Waals surface area contributed by atoms with Gasteiger partial charge >= 0.3 is 6.09 Å². The van der Waals surface area contributed by atoms with Crippen LogP contribution in [0, 0.1) is 0 Å². The van der Waals surface area contributed by atoms with E-state index in [9.17, 15) is 14.4 Å². The Balaban J connectivity index is 0.000000374. The zero-order chi connectivity index (χ0) is 29.7. The first-order valence-corrected chi connectivity index (χ1v) is 15.1. The van der Waals surface area contributed by atoms with Crippen LogP contribution >= 0.6 is 22.9 Å². The molecule has 2 aliphatic rings. The van der Waals surface area contributed by atoms with E-state index < -0.39 is 0 Å². The van der Waals surface area contributed by atoms with E-state index in [4.69, 9.17) is 16.3 Å². The molecule has 4 N–H and O–H groups in total. The number of thiazole rings is 1. The number of alkyl carbamates (subject to hydrolysis) is 1. The predicted molar refractivity (Wildman–Crippen MR) is 162 cm³/mol. The second-order valence-corrected chi connectivity index (χ2v) is 13.0. The molecule has 1 saturated carbocycles. The lowest BCUT2D eigenvalue weighted by Gasteiger charge is -2.32. The van der Waals surface area contributed by atoms with Gasteiger partial charge in [-0.3, -0.25) is 9.59 Å². The molecule has 0 saturated heterocycles. The van der Waals surface area contributed by atoms with E-state index in [1.807, 2.05) is 39.0 Å². The molecule has 3 amide bonds. The molecule has 0 bridgehead atoms. The van der Waals surface area contributed by atoms with E-state index in [0.29, 0.717) is 15.7 Å². The highest BCUT2D eigenvalue weighted by Gasteiger charge is 2.30. The van der Waals surface area contributed by atoms with Gasteiger partial charge in [-0.1, -0.05) is 24.4 Å². The third-order valence-electron chi connectivity index (χ3n) is 6.95. The molecule has 0 radical (unpaired) electrons. The lowest BCUT2D eigenvalue weighted by Crippen LogP contribution is -2.53. The predicted octanol–water partition coefficient (Wildman–Crippen LogP) is 4.88. The number of fused-ring (bicyclic) bond motifs is 2. The number of rotatable bonds is 4. The van der Waals surface area contributed by atoms with E-state index in [2.05, 4.69) is 37.9 Å². The van der Waals surface area contributed by atoms with Gasteiger partial charge in [0.05, 0.1) is 5.69 Å². The number of nitrogens with zero attached hydrogens (tertiary/aromatic N) is 2. The van der Waals surface area contributed by atoms with Crippen molar-refractivity contribution in [2.24, 2.45) is 0 Å². The molecule has 3 heterocycles. The van der Waals surface area contributed by atoms with Crippen LogP contribution in [0.4, 0.5) is 4.79 Å². The van der Waals surface area contributed by atoms with Crippen LogP contribution in [0.5, 0.6) is 0 Å². The van der Waals surface area contributed by atoms with Crippen LogP contribution in [0.2, 0.25) is 5.02 Å². The number of carbonyl (C=O) groups excluding carboxylic acids is 3. The minimum Gasteiger partial charge on any atom is -0.444 e. The molecule has 0 unspecified atom stereocenters. The SMILES string of the molecule is CN1CCc2nc(C(=O)N[C@@H]3CCCC[C@@H]3NC(=O)c3cc4cc(Cl)ccc4[nH]3)sc2C1.CNC(=O)OC(C)(C)C. The Morgan fingerprint density at radius 2 is 1.78 bits per heavy atom. The highest BCUT2D eigenvalue weighted by molar-refractivity contribution is 7.13. The lowest BCUT2D eigenvalue weighted by molar-refractivity contribution is 0.0541. The lowest BCUT2D eigenvalue weighted by atomic mass is 9.90. The summed E-state index contributed by atoms with van der Waals surface area (Å²) < 4.78 is 4.84. The third kappa shape index (κ3) is 8.43. The number of benzene rings is 1. The number of carbonyl (C=O) groups is 3. The van der Waals surface area contributed by atoms with Gasteiger partial charge in [0.25, 0.3) is 11.8 Å². The molecule has 0 spiro atoms. The summed E-state index contributed by atoms with van der Waals surface area (Å²) in [6.07, 6.45) is 4.23. The number of likely N-dealkylation sites (N-methyl/N-ethyl adjacent to an activating group) is 1. The molecule has 2 atom stereocenters. The number of nitrogens with one attached hydrogen (secondary N) is 4. The van der Waals surface area contributed by atoms with Crippen LogP contribution in [0.1, 0.15) is 77.3 Å². The average Bonchev–Trinajstić information content (AvgIpc) is 3.53. The van der Waals surface area contributed by atoms with Crippen molar-refractivity contribution in [2.45, 2.75) is 77.1 Å². The van der Waals surface area contributed by atoms with Crippen molar-refractivity contribution in [3.8, 4) is 0 Å². The van der Waals surface area contributed by atoms with Crippen molar-refractivity contribution >= 4 is 51.7 Å². The zero-order valence-corrected chi connectivity index (χ0v) is 25.8. The van der Waals surface area contributed by atoms with Crippen molar-refractivity contribution < 1.29 is 19.1 Å². The Morgan fingerprint density at radius 3 is 2.41 bits per heavy atom. The number of hydrogen-bond donors (Lipinski definition) is 4. The summed E-state index contributed by atoms with van der Waals surface area (Å²) in [6.45, 7) is 7.28. The fourth-order valence-corrected chi connectivity index (χ4v) is 6.20. The van der Waals surface area contributed by atoms with E-state index in [1.165, 1.54) is 23.3 Å². The van der Waals surface area contributed by atoms with E-state index in [0.717, 1.165) is 61.8 Å². The Kier molecular flexibility index (Phi) is 9.93. The van der Waals surface area contributed by atoms with Gasteiger partial charge in [0.1, 0.15) is 11.3 Å². The minimum absolute atomic E-state index is 0.109. The maximum atomic E-state index is 13.0. The van der Waals surface area contributed by atoms with Crippen molar-refractivity contribution in [2.75, 3.05) is 20.6 Å². The summed E-state index contributed by atoms with van der Waals surface area (Å²) >= 11 is 7.54. The maximum absolute atomic E-state index is 13.0. The molecule has 41 heavy (non-hydrogen) atoms. The van der Waals surface area contributed by atoms with E-state index in [1.54, 1.807) is 6.07 Å². The standard InChI is InChI=1S/C23H26ClN5O2S.C6H13NO2/c1-29-9-8-18-20(12-29)32-23(28-18)22(31)27-17-5-3-2-4-16(17)26-21(30)19-11-13-10-14(24)6-7-15(13)25-19;1-6(2,3)9-5(8)7-4/h6-7,10-11,16-17,25H,2-5,8-9,12H2,1H3,(H,26,30)(H,27,31);1-4H3,(H,7,8)/t16-,17+;/m0./s1. The molecule has 1 aromatic carbocycles. The van der Waals surface area contributed by atoms with Gasteiger partial charge in [0.2, 0.25) is 0 Å². The molecule has 3 aromatic rings. The number of H-pyrrole nitrogens is 1. The molecule has 222 valence electrons. The van der Waals surface area contributed by atoms with Gasteiger partial charge in [-0.25, -0.2) is 9.78 Å². The molecule has 1 aliphatic heterocycles. The average molecular weight is 603 g/mol. The summed E-state index contributed by atoms with van der Waals surface area (Å²) in [4.78, 5) is 47.5. The number of hydrogen-bond acceptors (Lipinski definition) is 7. The summed E-state index contributed by atoms with van der Waals surface area (Å²) in [5, 5.41) is 10.7. The first kappa shape index (κ1) is 30.8. The normalized spacial score (nSPS) is 19.0. The number of amides is 3. The van der Waals surface area contributed by atoms with E-state index in [-0.39, 0.29) is 35.6 Å². The maximum Gasteiger partial charge on any atom is 0.407 e. The minimum atomic E-state index is -0.389. The second-order valence-electron chi connectivity index (χ2n) is 11.5. The summed E-state index contributed by atoms with van der Waals surface area (Å²) in [5.41, 5.74) is 2.02. The highest BCUT2D eigenvalue weighted by atomic mass is 35.5. The number of halogens is 1. The van der Waals surface area contributed by atoms with E-state index >= 15 is 0 Å². The molecular formula is C29H39ClN6O4S. The topological polar surface area (TPSA) is 128 Å². The molecule has 1 fully saturated rings. The highest BCUT2D eigenvalue weighted by Crippen LogP contribution is 2.26. The van der Waals surface area contributed by atoms with Crippen molar-refractivity contribution in [1.29, 1.82) is 0 Å². The van der Waals surface area contributed by atoms with Gasteiger partial charge in [-0.05, 0) is 64.9 Å². The molecule has 2 aromatic heterocycles. The fraction of sp³-hybridized carbons (Fsp3) is 0.517. The van der Waals surface area contributed by atoms with Crippen LogP contribution < -0.4 is 16.0 Å². The zero-order valence-electron chi connectivity index (χ0n) is 24.2. The molecular weight excluding hydrogens is 564 g/mol. The first-order chi connectivity index (χ1) is 19.4. The Morgan fingerprint density at radius 1 is 1.10 bits per heavy atom. The molecule has 12 heteroatoms. The fourth-order valence-electron chi connectivity index (χ4n) is 4.93. The van der Waals surface area contributed by atoms with Crippen LogP contribution in [-0.4, -0.2) is 71.1 Å². The summed E-state index contributed by atoms with van der Waals surface area (Å²) in [6, 6.07) is 7.08. The van der Waals surface area contributed by atoms with Gasteiger partial charge in [0.15, 0.2) is 5.01 Å². The Labute approximate surface area is 249 Å². The molecule has 1 aliphatic carbocycles. The van der Waals surface area contributed by atoms with Gasteiger partial charge < -0.3 is 30.6 Å². The summed E-state index contributed by atoms with van der Waals surface area (Å²) in [5.74, 6) is -0.310. The number of ether oxygens (including phenoxy) is 1. The Hall–Kier alpha value is -3.15. The van der Waals surface area contributed by atoms with Crippen LogP contribution in [-0.2, 0) is 17.7 Å². The monoisotopic (exact) mass is 602 g/mol. The number of aromatic amines is 1. The summed E-state index contributed by atoms with van der Waals surface area (Å²) in [7, 11) is 3.62. The molecule has 10 nitrogen and oxygen atoms in total. The van der Waals surface area contributed by atoms with Crippen LogP contribution in [0.25, 0.3) is 10.9 Å². The van der Waals surface area contributed by atoms with Gasteiger partial charge in [-0.15, -0.1) is 11.3 Å². The first-order valence-electron chi connectivity index (χ1n) is 13.9. The van der Waals surface area contributed by atoms with Crippen LogP contribution in [0.15, 0.2) is 24.3 Å². The largest absolute Gasteiger partial charge is 0.444 e.